The molecule has 1 saturated heterocycles. The lowest BCUT2D eigenvalue weighted by molar-refractivity contribution is -0.149. The van der Waals surface area contributed by atoms with Gasteiger partial charge in [-0.3, -0.25) is 19.7 Å². The van der Waals surface area contributed by atoms with Crippen LogP contribution in [-0.2, 0) is 14.4 Å². The van der Waals surface area contributed by atoms with Crippen molar-refractivity contribution in [1.29, 1.82) is 0 Å². The van der Waals surface area contributed by atoms with Gasteiger partial charge in [-0.15, -0.1) is 0 Å². The molecule has 7 nitrogen and oxygen atoms in total. The van der Waals surface area contributed by atoms with E-state index in [0.29, 0.717) is 11.4 Å². The third-order valence-corrected chi connectivity index (χ3v) is 3.21. The SMILES string of the molecule is CC1C(=O)NC(=O)CN1C(=O)CCOc1ccc(N)cc1. The molecule has 21 heavy (non-hydrogen) atoms. The molecule has 1 aromatic carbocycles. The molecule has 0 bridgehead atoms. The minimum atomic E-state index is -0.647. The van der Waals surface area contributed by atoms with Crippen molar-refractivity contribution in [2.45, 2.75) is 19.4 Å². The van der Waals surface area contributed by atoms with Crippen LogP contribution in [0.5, 0.6) is 5.75 Å². The third-order valence-electron chi connectivity index (χ3n) is 3.21. The predicted octanol–water partition coefficient (Wildman–Crippen LogP) is -0.0888. The Morgan fingerprint density at radius 1 is 1.38 bits per heavy atom. The number of piperazine rings is 1. The lowest BCUT2D eigenvalue weighted by Gasteiger charge is -2.31. The van der Waals surface area contributed by atoms with Gasteiger partial charge in [0.2, 0.25) is 17.7 Å². The van der Waals surface area contributed by atoms with Crippen molar-refractivity contribution in [2.24, 2.45) is 0 Å². The zero-order valence-electron chi connectivity index (χ0n) is 11.7. The summed E-state index contributed by atoms with van der Waals surface area (Å²) in [6, 6.07) is 6.17. The number of amides is 3. The topological polar surface area (TPSA) is 102 Å². The molecule has 1 unspecified atom stereocenters. The first-order valence-electron chi connectivity index (χ1n) is 6.59. The Labute approximate surface area is 122 Å². The van der Waals surface area contributed by atoms with E-state index in [4.69, 9.17) is 10.5 Å². The molecular formula is C14H17N3O4. The van der Waals surface area contributed by atoms with E-state index < -0.39 is 17.9 Å². The smallest absolute Gasteiger partial charge is 0.249 e. The van der Waals surface area contributed by atoms with Gasteiger partial charge in [0.15, 0.2) is 0 Å². The summed E-state index contributed by atoms with van der Waals surface area (Å²) >= 11 is 0. The number of hydrogen-bond donors (Lipinski definition) is 2. The molecule has 112 valence electrons. The summed E-state index contributed by atoms with van der Waals surface area (Å²) in [6.07, 6.45) is 0.0925. The van der Waals surface area contributed by atoms with Crippen molar-refractivity contribution in [2.75, 3.05) is 18.9 Å². The van der Waals surface area contributed by atoms with Crippen molar-refractivity contribution in [3.63, 3.8) is 0 Å². The molecule has 1 aliphatic rings. The zero-order valence-corrected chi connectivity index (χ0v) is 11.7. The maximum Gasteiger partial charge on any atom is 0.249 e. The monoisotopic (exact) mass is 291 g/mol. The van der Waals surface area contributed by atoms with E-state index in [9.17, 15) is 14.4 Å². The Balaban J connectivity index is 1.85. The highest BCUT2D eigenvalue weighted by Gasteiger charge is 2.33. The number of carbonyl (C=O) groups excluding carboxylic acids is 3. The number of benzene rings is 1. The van der Waals surface area contributed by atoms with Crippen LogP contribution in [0.25, 0.3) is 0 Å². The largest absolute Gasteiger partial charge is 0.493 e. The van der Waals surface area contributed by atoms with E-state index in [1.165, 1.54) is 4.90 Å². The molecule has 2 rings (SSSR count). The normalized spacial score (nSPS) is 18.3. The number of imide groups is 1. The van der Waals surface area contributed by atoms with E-state index in [1.807, 2.05) is 0 Å². The number of carbonyl (C=O) groups is 3. The van der Waals surface area contributed by atoms with Crippen molar-refractivity contribution in [1.82, 2.24) is 10.2 Å². The molecule has 1 aliphatic heterocycles. The molecule has 0 radical (unpaired) electrons. The summed E-state index contributed by atoms with van der Waals surface area (Å²) in [5.74, 6) is -0.608. The second-order valence-electron chi connectivity index (χ2n) is 4.78. The summed E-state index contributed by atoms with van der Waals surface area (Å²) in [5.41, 5.74) is 6.19. The molecule has 0 aliphatic carbocycles. The highest BCUT2D eigenvalue weighted by Crippen LogP contribution is 2.14. The van der Waals surface area contributed by atoms with Crippen LogP contribution in [0, 0.1) is 0 Å². The maximum atomic E-state index is 12.0. The quantitative estimate of drug-likeness (QED) is 0.596. The Morgan fingerprint density at radius 2 is 2.05 bits per heavy atom. The van der Waals surface area contributed by atoms with E-state index in [2.05, 4.69) is 5.32 Å². The number of nitrogen functional groups attached to an aromatic ring is 1. The van der Waals surface area contributed by atoms with E-state index in [1.54, 1.807) is 31.2 Å². The lowest BCUT2D eigenvalue weighted by Crippen LogP contribution is -2.58. The number of hydrogen-bond acceptors (Lipinski definition) is 5. The van der Waals surface area contributed by atoms with Crippen molar-refractivity contribution >= 4 is 23.4 Å². The molecule has 0 saturated carbocycles. The molecule has 0 spiro atoms. The number of nitrogens with two attached hydrogens (primary N) is 1. The number of nitrogens with one attached hydrogen (secondary N) is 1. The number of rotatable bonds is 4. The standard InChI is InChI=1S/C14H17N3O4/c1-9-14(20)16-12(18)8-17(9)13(19)6-7-21-11-4-2-10(15)3-5-11/h2-5,9H,6-8,15H2,1H3,(H,16,18,20). The summed E-state index contributed by atoms with van der Waals surface area (Å²) in [4.78, 5) is 36.1. The van der Waals surface area contributed by atoms with Gasteiger partial charge in [0.1, 0.15) is 18.3 Å². The first-order valence-corrected chi connectivity index (χ1v) is 6.59. The fraction of sp³-hybridized carbons (Fsp3) is 0.357. The molecule has 3 amide bonds. The van der Waals surface area contributed by atoms with Gasteiger partial charge in [0.25, 0.3) is 0 Å². The van der Waals surface area contributed by atoms with Gasteiger partial charge in [-0.2, -0.15) is 0 Å². The summed E-state index contributed by atoms with van der Waals surface area (Å²) in [5, 5.41) is 2.19. The minimum Gasteiger partial charge on any atom is -0.493 e. The van der Waals surface area contributed by atoms with Gasteiger partial charge in [-0.1, -0.05) is 0 Å². The van der Waals surface area contributed by atoms with Crippen molar-refractivity contribution in [3.8, 4) is 5.75 Å². The van der Waals surface area contributed by atoms with Gasteiger partial charge < -0.3 is 15.4 Å². The van der Waals surface area contributed by atoms with Gasteiger partial charge in [-0.25, -0.2) is 0 Å². The zero-order chi connectivity index (χ0) is 15.4. The molecule has 3 N–H and O–H groups in total. The van der Waals surface area contributed by atoms with Crippen LogP contribution in [0.4, 0.5) is 5.69 Å². The van der Waals surface area contributed by atoms with Gasteiger partial charge in [0.05, 0.1) is 13.0 Å². The van der Waals surface area contributed by atoms with Gasteiger partial charge >= 0.3 is 0 Å². The average molecular weight is 291 g/mol. The number of anilines is 1. The van der Waals surface area contributed by atoms with Gasteiger partial charge in [-0.05, 0) is 31.2 Å². The molecule has 1 aromatic rings. The second-order valence-corrected chi connectivity index (χ2v) is 4.78. The molecule has 1 atom stereocenters. The van der Waals surface area contributed by atoms with Crippen LogP contribution < -0.4 is 15.8 Å². The highest BCUT2D eigenvalue weighted by molar-refractivity contribution is 6.04. The summed E-state index contributed by atoms with van der Waals surface area (Å²) < 4.78 is 5.42. The predicted molar refractivity (Wildman–Crippen MR) is 75.3 cm³/mol. The third kappa shape index (κ3) is 3.71. The fourth-order valence-electron chi connectivity index (χ4n) is 1.98. The van der Waals surface area contributed by atoms with Crippen LogP contribution in [0.15, 0.2) is 24.3 Å². The Kier molecular flexibility index (Phi) is 4.42. The Hall–Kier alpha value is -2.57. The molecular weight excluding hydrogens is 274 g/mol. The van der Waals surface area contributed by atoms with Crippen LogP contribution in [0.3, 0.4) is 0 Å². The van der Waals surface area contributed by atoms with Crippen LogP contribution >= 0.6 is 0 Å². The van der Waals surface area contributed by atoms with Crippen molar-refractivity contribution in [3.05, 3.63) is 24.3 Å². The molecule has 1 fully saturated rings. The maximum absolute atomic E-state index is 12.0. The lowest BCUT2D eigenvalue weighted by atomic mass is 10.2. The summed E-state index contributed by atoms with van der Waals surface area (Å²) in [7, 11) is 0. The van der Waals surface area contributed by atoms with E-state index >= 15 is 0 Å². The molecule has 1 heterocycles. The fourth-order valence-corrected chi connectivity index (χ4v) is 1.98. The summed E-state index contributed by atoms with van der Waals surface area (Å²) in [6.45, 7) is 1.65. The highest BCUT2D eigenvalue weighted by atomic mass is 16.5. The number of ether oxygens (including phenoxy) is 1. The van der Waals surface area contributed by atoms with Crippen LogP contribution in [0.1, 0.15) is 13.3 Å². The van der Waals surface area contributed by atoms with Crippen LogP contribution in [0.2, 0.25) is 0 Å². The first-order chi connectivity index (χ1) is 9.97. The van der Waals surface area contributed by atoms with Gasteiger partial charge in [0, 0.05) is 5.69 Å². The number of nitrogens with zero attached hydrogens (tertiary/aromatic N) is 1. The molecule has 7 heteroatoms. The second kappa shape index (κ2) is 6.25. The minimum absolute atomic E-state index is 0.0925. The Bertz CT molecular complexity index is 556. The van der Waals surface area contributed by atoms with Crippen LogP contribution in [-0.4, -0.2) is 41.8 Å². The Morgan fingerprint density at radius 3 is 2.71 bits per heavy atom. The molecule has 0 aromatic heterocycles. The van der Waals surface area contributed by atoms with Crippen molar-refractivity contribution < 1.29 is 19.1 Å². The first kappa shape index (κ1) is 14.8. The van der Waals surface area contributed by atoms with E-state index in [0.717, 1.165) is 0 Å². The average Bonchev–Trinajstić information content (AvgIpc) is 2.44. The van der Waals surface area contributed by atoms with E-state index in [-0.39, 0.29) is 25.5 Å².